The highest BCUT2D eigenvalue weighted by Crippen LogP contribution is 2.14. The molecule has 0 radical (unpaired) electrons. The van der Waals surface area contributed by atoms with Crippen LogP contribution in [-0.2, 0) is 6.54 Å². The van der Waals surface area contributed by atoms with Crippen molar-refractivity contribution in [2.75, 3.05) is 19.0 Å². The van der Waals surface area contributed by atoms with Gasteiger partial charge in [0.05, 0.1) is 6.61 Å². The maximum atomic E-state index is 12.0. The first kappa shape index (κ1) is 14.9. The van der Waals surface area contributed by atoms with E-state index in [2.05, 4.69) is 10.5 Å². The van der Waals surface area contributed by atoms with E-state index in [4.69, 9.17) is 9.26 Å². The summed E-state index contributed by atoms with van der Waals surface area (Å²) >= 11 is 0. The number of aromatic nitrogens is 1. The van der Waals surface area contributed by atoms with E-state index in [1.54, 1.807) is 24.9 Å². The van der Waals surface area contributed by atoms with Gasteiger partial charge in [0.1, 0.15) is 11.5 Å². The summed E-state index contributed by atoms with van der Waals surface area (Å²) < 4.78 is 10.3. The zero-order chi connectivity index (χ0) is 15.2. The van der Waals surface area contributed by atoms with E-state index in [1.165, 1.54) is 0 Å². The molecule has 0 unspecified atom stereocenters. The van der Waals surface area contributed by atoms with Crippen LogP contribution < -0.4 is 10.1 Å². The highest BCUT2D eigenvalue weighted by Gasteiger charge is 2.11. The fraction of sp³-hybridized carbons (Fsp3) is 0.333. The standard InChI is InChI=1S/C15H19N3O3/c1-4-20-13-7-5-12(6-8-13)10-18(3)15(19)16-14-9-11(2)21-17-14/h5-9H,4,10H2,1-3H3,(H,16,17,19). The van der Waals surface area contributed by atoms with E-state index in [9.17, 15) is 4.79 Å². The summed E-state index contributed by atoms with van der Waals surface area (Å²) in [6.45, 7) is 4.85. The van der Waals surface area contributed by atoms with Gasteiger partial charge < -0.3 is 14.2 Å². The minimum absolute atomic E-state index is 0.239. The lowest BCUT2D eigenvalue weighted by Gasteiger charge is -2.17. The Hall–Kier alpha value is -2.50. The summed E-state index contributed by atoms with van der Waals surface area (Å²) in [4.78, 5) is 13.6. The molecule has 0 aliphatic heterocycles. The second-order valence-corrected chi connectivity index (χ2v) is 4.69. The Kier molecular flexibility index (Phi) is 4.81. The molecular formula is C15H19N3O3. The van der Waals surface area contributed by atoms with Crippen molar-refractivity contribution >= 4 is 11.8 Å². The molecule has 0 atom stereocenters. The van der Waals surface area contributed by atoms with Crippen molar-refractivity contribution < 1.29 is 14.1 Å². The van der Waals surface area contributed by atoms with Gasteiger partial charge in [0.15, 0.2) is 5.82 Å². The molecule has 1 heterocycles. The summed E-state index contributed by atoms with van der Waals surface area (Å²) in [6, 6.07) is 9.10. The van der Waals surface area contributed by atoms with Crippen LogP contribution in [0.15, 0.2) is 34.9 Å². The molecule has 0 aliphatic rings. The van der Waals surface area contributed by atoms with Gasteiger partial charge in [-0.3, -0.25) is 5.32 Å². The van der Waals surface area contributed by atoms with E-state index in [0.29, 0.717) is 24.7 Å². The van der Waals surface area contributed by atoms with Crippen LogP contribution in [0.3, 0.4) is 0 Å². The lowest BCUT2D eigenvalue weighted by molar-refractivity contribution is 0.220. The summed E-state index contributed by atoms with van der Waals surface area (Å²) in [7, 11) is 1.72. The number of hydrogen-bond acceptors (Lipinski definition) is 4. The van der Waals surface area contributed by atoms with E-state index >= 15 is 0 Å². The Bertz CT molecular complexity index is 592. The highest BCUT2D eigenvalue weighted by molar-refractivity contribution is 5.88. The van der Waals surface area contributed by atoms with Gasteiger partial charge in [0.2, 0.25) is 0 Å². The lowest BCUT2D eigenvalue weighted by atomic mass is 10.2. The van der Waals surface area contributed by atoms with Crippen LogP contribution in [0.5, 0.6) is 5.75 Å². The first-order valence-corrected chi connectivity index (χ1v) is 6.75. The third-order valence-corrected chi connectivity index (χ3v) is 2.86. The fourth-order valence-corrected chi connectivity index (χ4v) is 1.83. The number of benzene rings is 1. The maximum absolute atomic E-state index is 12.0. The number of hydrogen-bond donors (Lipinski definition) is 1. The summed E-state index contributed by atoms with van der Waals surface area (Å²) in [6.07, 6.45) is 0. The van der Waals surface area contributed by atoms with Gasteiger partial charge in [-0.2, -0.15) is 0 Å². The van der Waals surface area contributed by atoms with Gasteiger partial charge >= 0.3 is 6.03 Å². The molecule has 21 heavy (non-hydrogen) atoms. The molecule has 0 spiro atoms. The first-order valence-electron chi connectivity index (χ1n) is 6.75. The SMILES string of the molecule is CCOc1ccc(CN(C)C(=O)Nc2cc(C)on2)cc1. The largest absolute Gasteiger partial charge is 0.494 e. The summed E-state index contributed by atoms with van der Waals surface area (Å²) in [5.74, 6) is 1.89. The van der Waals surface area contributed by atoms with E-state index in [-0.39, 0.29) is 6.03 Å². The van der Waals surface area contributed by atoms with Crippen molar-refractivity contribution in [2.24, 2.45) is 0 Å². The number of nitrogens with zero attached hydrogens (tertiary/aromatic N) is 2. The molecule has 2 aromatic rings. The Morgan fingerprint density at radius 1 is 1.38 bits per heavy atom. The van der Waals surface area contributed by atoms with E-state index in [1.807, 2.05) is 31.2 Å². The average molecular weight is 289 g/mol. The van der Waals surface area contributed by atoms with Crippen LogP contribution >= 0.6 is 0 Å². The quantitative estimate of drug-likeness (QED) is 0.918. The predicted octanol–water partition coefficient (Wildman–Crippen LogP) is 3.05. The Morgan fingerprint density at radius 3 is 2.67 bits per heavy atom. The minimum atomic E-state index is -0.239. The number of carbonyl (C=O) groups excluding carboxylic acids is 1. The molecule has 1 aromatic carbocycles. The van der Waals surface area contributed by atoms with Crippen molar-refractivity contribution in [3.63, 3.8) is 0 Å². The summed E-state index contributed by atoms with van der Waals surface area (Å²) in [5, 5.41) is 6.40. The van der Waals surface area contributed by atoms with E-state index < -0.39 is 0 Å². The third kappa shape index (κ3) is 4.24. The minimum Gasteiger partial charge on any atom is -0.494 e. The second-order valence-electron chi connectivity index (χ2n) is 4.69. The maximum Gasteiger partial charge on any atom is 0.323 e. The number of carbonyl (C=O) groups is 1. The summed E-state index contributed by atoms with van der Waals surface area (Å²) in [5.41, 5.74) is 1.02. The van der Waals surface area contributed by atoms with Crippen LogP contribution in [0.1, 0.15) is 18.2 Å². The van der Waals surface area contributed by atoms with E-state index in [0.717, 1.165) is 11.3 Å². The van der Waals surface area contributed by atoms with Crippen LogP contribution in [0, 0.1) is 6.92 Å². The first-order chi connectivity index (χ1) is 10.1. The molecule has 1 N–H and O–H groups in total. The molecule has 0 saturated heterocycles. The Balaban J connectivity index is 1.90. The normalized spacial score (nSPS) is 10.2. The van der Waals surface area contributed by atoms with Gasteiger partial charge in [-0.05, 0) is 31.5 Å². The van der Waals surface area contributed by atoms with Gasteiger partial charge in [-0.15, -0.1) is 0 Å². The molecular weight excluding hydrogens is 270 g/mol. The van der Waals surface area contributed by atoms with Gasteiger partial charge in [-0.25, -0.2) is 4.79 Å². The van der Waals surface area contributed by atoms with Crippen molar-refractivity contribution in [1.82, 2.24) is 10.1 Å². The van der Waals surface area contributed by atoms with Crippen LogP contribution in [0.25, 0.3) is 0 Å². The van der Waals surface area contributed by atoms with Gasteiger partial charge in [-0.1, -0.05) is 17.3 Å². The zero-order valence-electron chi connectivity index (χ0n) is 12.4. The molecule has 0 saturated carbocycles. The Morgan fingerprint density at radius 2 is 2.10 bits per heavy atom. The molecule has 6 nitrogen and oxygen atoms in total. The van der Waals surface area contributed by atoms with Crippen LogP contribution in [0.4, 0.5) is 10.6 Å². The molecule has 6 heteroatoms. The van der Waals surface area contributed by atoms with Gasteiger partial charge in [0, 0.05) is 19.7 Å². The zero-order valence-corrected chi connectivity index (χ0v) is 12.4. The Labute approximate surface area is 123 Å². The van der Waals surface area contributed by atoms with Crippen molar-refractivity contribution in [2.45, 2.75) is 20.4 Å². The molecule has 2 amide bonds. The number of anilines is 1. The fourth-order valence-electron chi connectivity index (χ4n) is 1.83. The van der Waals surface area contributed by atoms with Crippen LogP contribution in [-0.4, -0.2) is 29.7 Å². The molecule has 112 valence electrons. The molecule has 2 rings (SSSR count). The van der Waals surface area contributed by atoms with Gasteiger partial charge in [0.25, 0.3) is 0 Å². The van der Waals surface area contributed by atoms with Crippen LogP contribution in [0.2, 0.25) is 0 Å². The predicted molar refractivity (Wildman–Crippen MR) is 79.3 cm³/mol. The third-order valence-electron chi connectivity index (χ3n) is 2.86. The van der Waals surface area contributed by atoms with Crippen molar-refractivity contribution in [3.05, 3.63) is 41.7 Å². The molecule has 0 aliphatic carbocycles. The van der Waals surface area contributed by atoms with Crippen molar-refractivity contribution in [1.29, 1.82) is 0 Å². The number of nitrogens with one attached hydrogen (secondary N) is 1. The molecule has 1 aromatic heterocycles. The number of ether oxygens (including phenoxy) is 1. The molecule has 0 bridgehead atoms. The average Bonchev–Trinajstić information content (AvgIpc) is 2.86. The topological polar surface area (TPSA) is 67.6 Å². The highest BCUT2D eigenvalue weighted by atomic mass is 16.5. The number of rotatable bonds is 5. The second kappa shape index (κ2) is 6.78. The monoisotopic (exact) mass is 289 g/mol. The number of amides is 2. The lowest BCUT2D eigenvalue weighted by Crippen LogP contribution is -2.30. The smallest absolute Gasteiger partial charge is 0.323 e. The number of aryl methyl sites for hydroxylation is 1. The molecule has 0 fully saturated rings. The van der Waals surface area contributed by atoms with Crippen molar-refractivity contribution in [3.8, 4) is 5.75 Å². The number of urea groups is 1.